The first-order chi connectivity index (χ1) is 10.1. The first-order valence-electron chi connectivity index (χ1n) is 6.06. The lowest BCUT2D eigenvalue weighted by molar-refractivity contribution is -0.131. The zero-order chi connectivity index (χ0) is 15.2. The monoisotopic (exact) mass is 303 g/mol. The summed E-state index contributed by atoms with van der Waals surface area (Å²) in [6.45, 7) is 0.432. The molecule has 0 atom stereocenters. The van der Waals surface area contributed by atoms with Crippen LogP contribution in [-0.4, -0.2) is 38.9 Å². The molecule has 108 valence electrons. The average molecular weight is 303 g/mol. The van der Waals surface area contributed by atoms with Crippen LogP contribution in [0.15, 0.2) is 36.1 Å². The van der Waals surface area contributed by atoms with Crippen LogP contribution in [0, 0.1) is 0 Å². The van der Waals surface area contributed by atoms with E-state index >= 15 is 0 Å². The molecule has 0 aliphatic carbocycles. The lowest BCUT2D eigenvalue weighted by Gasteiger charge is -2.15. The molecule has 2 aromatic heterocycles. The van der Waals surface area contributed by atoms with Crippen molar-refractivity contribution >= 4 is 29.3 Å². The van der Waals surface area contributed by atoms with Gasteiger partial charge in [-0.1, -0.05) is 0 Å². The summed E-state index contributed by atoms with van der Waals surface area (Å²) in [5.74, 6) is -1.20. The molecule has 1 amide bonds. The minimum Gasteiger partial charge on any atom is -0.478 e. The number of hydrogen-bond donors (Lipinski definition) is 1. The zero-order valence-corrected chi connectivity index (χ0v) is 12.1. The largest absolute Gasteiger partial charge is 0.478 e. The van der Waals surface area contributed by atoms with Crippen LogP contribution < -0.4 is 0 Å². The highest BCUT2D eigenvalue weighted by Gasteiger charge is 2.14. The summed E-state index contributed by atoms with van der Waals surface area (Å²) >= 11 is 1.47. The first-order valence-corrected chi connectivity index (χ1v) is 6.94. The SMILES string of the molecule is CN(Cc1cc(C=CC(=O)O)cs1)C(=O)c1cnccn1. The van der Waals surface area contributed by atoms with Gasteiger partial charge in [-0.25, -0.2) is 9.78 Å². The maximum Gasteiger partial charge on any atom is 0.328 e. The van der Waals surface area contributed by atoms with E-state index in [1.807, 2.05) is 11.4 Å². The molecule has 2 aromatic rings. The molecule has 0 aliphatic rings. The van der Waals surface area contributed by atoms with Gasteiger partial charge in [-0.15, -0.1) is 11.3 Å². The Morgan fingerprint density at radius 1 is 1.43 bits per heavy atom. The minimum absolute atomic E-state index is 0.209. The fourth-order valence-electron chi connectivity index (χ4n) is 1.65. The number of hydrogen-bond acceptors (Lipinski definition) is 5. The number of carbonyl (C=O) groups excluding carboxylic acids is 1. The summed E-state index contributed by atoms with van der Waals surface area (Å²) in [6, 6.07) is 1.85. The first kappa shape index (κ1) is 14.9. The molecule has 2 heterocycles. The number of nitrogens with zero attached hydrogens (tertiary/aromatic N) is 3. The molecule has 0 radical (unpaired) electrons. The maximum atomic E-state index is 12.1. The third-order valence-corrected chi connectivity index (χ3v) is 3.55. The molecular weight excluding hydrogens is 290 g/mol. The van der Waals surface area contributed by atoms with Crippen molar-refractivity contribution in [3.8, 4) is 0 Å². The standard InChI is InChI=1S/C14H13N3O3S/c1-17(14(20)12-7-15-4-5-16-12)8-11-6-10(9-21-11)2-3-13(18)19/h2-7,9H,8H2,1H3,(H,18,19). The van der Waals surface area contributed by atoms with Gasteiger partial charge in [-0.2, -0.15) is 0 Å². The van der Waals surface area contributed by atoms with Gasteiger partial charge in [0.25, 0.3) is 5.91 Å². The molecule has 0 saturated carbocycles. The van der Waals surface area contributed by atoms with Gasteiger partial charge in [0.15, 0.2) is 0 Å². The van der Waals surface area contributed by atoms with Gasteiger partial charge in [0, 0.05) is 30.4 Å². The smallest absolute Gasteiger partial charge is 0.328 e. The Morgan fingerprint density at radius 3 is 2.90 bits per heavy atom. The molecule has 0 spiro atoms. The van der Waals surface area contributed by atoms with E-state index in [1.165, 1.54) is 36.0 Å². The lowest BCUT2D eigenvalue weighted by atomic mass is 10.2. The third-order valence-electron chi connectivity index (χ3n) is 2.61. The topological polar surface area (TPSA) is 83.4 Å². The highest BCUT2D eigenvalue weighted by atomic mass is 32.1. The summed E-state index contributed by atoms with van der Waals surface area (Å²) in [5.41, 5.74) is 1.10. The number of aliphatic carboxylic acids is 1. The Balaban J connectivity index is 2.01. The van der Waals surface area contributed by atoms with Crippen molar-refractivity contribution < 1.29 is 14.7 Å². The molecule has 0 fully saturated rings. The van der Waals surface area contributed by atoms with E-state index < -0.39 is 5.97 Å². The highest BCUT2D eigenvalue weighted by molar-refractivity contribution is 7.10. The predicted molar refractivity (Wildman–Crippen MR) is 78.8 cm³/mol. The van der Waals surface area contributed by atoms with Gasteiger partial charge in [0.05, 0.1) is 12.7 Å². The van der Waals surface area contributed by atoms with Crippen LogP contribution in [0.5, 0.6) is 0 Å². The fraction of sp³-hybridized carbons (Fsp3) is 0.143. The second-order valence-corrected chi connectivity index (χ2v) is 5.27. The summed E-state index contributed by atoms with van der Waals surface area (Å²) in [6.07, 6.45) is 7.01. The lowest BCUT2D eigenvalue weighted by Crippen LogP contribution is -2.26. The number of thiophene rings is 1. The summed E-state index contributed by atoms with van der Waals surface area (Å²) < 4.78 is 0. The number of rotatable bonds is 5. The van der Waals surface area contributed by atoms with Crippen molar-refractivity contribution in [1.29, 1.82) is 0 Å². The van der Waals surface area contributed by atoms with Gasteiger partial charge in [-0.05, 0) is 23.1 Å². The minimum atomic E-state index is -0.988. The van der Waals surface area contributed by atoms with Crippen LogP contribution >= 0.6 is 11.3 Å². The molecule has 0 aromatic carbocycles. The van der Waals surface area contributed by atoms with E-state index in [-0.39, 0.29) is 5.91 Å². The van der Waals surface area contributed by atoms with E-state index in [4.69, 9.17) is 5.11 Å². The molecule has 0 saturated heterocycles. The molecule has 6 nitrogen and oxygen atoms in total. The van der Waals surface area contributed by atoms with E-state index in [2.05, 4.69) is 9.97 Å². The Morgan fingerprint density at radius 2 is 2.24 bits per heavy atom. The Bertz CT molecular complexity index is 667. The predicted octanol–water partition coefficient (Wildman–Crippen LogP) is 1.91. The molecule has 1 N–H and O–H groups in total. The van der Waals surface area contributed by atoms with Gasteiger partial charge in [0.1, 0.15) is 5.69 Å². The van der Waals surface area contributed by atoms with Gasteiger partial charge >= 0.3 is 5.97 Å². The molecule has 0 aliphatic heterocycles. The Labute approximate surface area is 125 Å². The number of carboxylic acids is 1. The van der Waals surface area contributed by atoms with E-state index in [0.717, 1.165) is 16.5 Å². The van der Waals surface area contributed by atoms with E-state index in [0.29, 0.717) is 12.2 Å². The van der Waals surface area contributed by atoms with Crippen molar-refractivity contribution in [2.24, 2.45) is 0 Å². The molecule has 2 rings (SSSR count). The van der Waals surface area contributed by atoms with Crippen LogP contribution in [-0.2, 0) is 11.3 Å². The van der Waals surface area contributed by atoms with Crippen molar-refractivity contribution in [3.05, 3.63) is 52.2 Å². The van der Waals surface area contributed by atoms with Crippen LogP contribution in [0.3, 0.4) is 0 Å². The molecule has 0 bridgehead atoms. The molecule has 0 unspecified atom stereocenters. The van der Waals surface area contributed by atoms with Gasteiger partial charge in [0.2, 0.25) is 0 Å². The number of aromatic nitrogens is 2. The summed E-state index contributed by atoms with van der Waals surface area (Å²) in [7, 11) is 1.68. The average Bonchev–Trinajstić information content (AvgIpc) is 2.92. The zero-order valence-electron chi connectivity index (χ0n) is 11.3. The normalized spacial score (nSPS) is 10.7. The Hall–Kier alpha value is -2.54. The number of amides is 1. The van der Waals surface area contributed by atoms with Crippen molar-refractivity contribution in [3.63, 3.8) is 0 Å². The highest BCUT2D eigenvalue weighted by Crippen LogP contribution is 2.18. The van der Waals surface area contributed by atoms with Crippen LogP contribution in [0.2, 0.25) is 0 Å². The quantitative estimate of drug-likeness (QED) is 0.853. The summed E-state index contributed by atoms with van der Waals surface area (Å²) in [4.78, 5) is 32.9. The molecule has 21 heavy (non-hydrogen) atoms. The van der Waals surface area contributed by atoms with E-state index in [9.17, 15) is 9.59 Å². The Kier molecular flexibility index (Phi) is 4.78. The van der Waals surface area contributed by atoms with E-state index in [1.54, 1.807) is 11.9 Å². The van der Waals surface area contributed by atoms with Crippen molar-refractivity contribution in [2.45, 2.75) is 6.54 Å². The third kappa shape index (κ3) is 4.22. The second kappa shape index (κ2) is 6.76. The van der Waals surface area contributed by atoms with Crippen LogP contribution in [0.4, 0.5) is 0 Å². The van der Waals surface area contributed by atoms with Crippen LogP contribution in [0.25, 0.3) is 6.08 Å². The van der Waals surface area contributed by atoms with Gasteiger partial charge in [-0.3, -0.25) is 9.78 Å². The maximum absolute atomic E-state index is 12.1. The molecular formula is C14H13N3O3S. The molecule has 7 heteroatoms. The van der Waals surface area contributed by atoms with Crippen molar-refractivity contribution in [1.82, 2.24) is 14.9 Å². The number of carbonyl (C=O) groups is 2. The van der Waals surface area contributed by atoms with Gasteiger partial charge < -0.3 is 10.0 Å². The number of carboxylic acid groups (broad SMARTS) is 1. The summed E-state index contributed by atoms with van der Waals surface area (Å²) in [5, 5.41) is 10.4. The van der Waals surface area contributed by atoms with Crippen molar-refractivity contribution in [2.75, 3.05) is 7.05 Å². The second-order valence-electron chi connectivity index (χ2n) is 4.27. The van der Waals surface area contributed by atoms with Crippen LogP contribution in [0.1, 0.15) is 20.9 Å². The fourth-order valence-corrected chi connectivity index (χ4v) is 2.55.